The molecule has 0 aliphatic carbocycles. The first-order chi connectivity index (χ1) is 9.76. The molecule has 0 saturated carbocycles. The van der Waals surface area contributed by atoms with Crippen LogP contribution < -0.4 is 11.3 Å². The zero-order valence-electron chi connectivity index (χ0n) is 10.8. The second kappa shape index (κ2) is 8.14. The van der Waals surface area contributed by atoms with Gasteiger partial charge in [-0.25, -0.2) is 8.78 Å². The Morgan fingerprint density at radius 1 is 1.29 bits per heavy atom. The van der Waals surface area contributed by atoms with Crippen LogP contribution >= 0.6 is 23.2 Å². The molecule has 21 heavy (non-hydrogen) atoms. The molecule has 9 heteroatoms. The zero-order valence-corrected chi connectivity index (χ0v) is 12.3. The van der Waals surface area contributed by atoms with Gasteiger partial charge in [0.25, 0.3) is 0 Å². The van der Waals surface area contributed by atoms with E-state index in [0.717, 1.165) is 0 Å². The monoisotopic (exact) mass is 348 g/mol. The third-order valence-electron chi connectivity index (χ3n) is 2.65. The van der Waals surface area contributed by atoms with Crippen molar-refractivity contribution in [1.29, 1.82) is 0 Å². The Balaban J connectivity index is 2.52. The number of hydrogen-bond donors (Lipinski definition) is 2. The molecule has 0 aromatic heterocycles. The van der Waals surface area contributed by atoms with E-state index in [9.17, 15) is 17.6 Å². The number of halogens is 6. The molecule has 0 amide bonds. The Morgan fingerprint density at radius 3 is 2.48 bits per heavy atom. The van der Waals surface area contributed by atoms with Gasteiger partial charge in [0.1, 0.15) is 6.61 Å². The van der Waals surface area contributed by atoms with E-state index in [-0.39, 0.29) is 13.0 Å². The molecule has 1 rings (SSSR count). The summed E-state index contributed by atoms with van der Waals surface area (Å²) in [6.45, 7) is -1.64. The molecule has 1 unspecified atom stereocenters. The first-order valence-corrected chi connectivity index (χ1v) is 6.65. The summed E-state index contributed by atoms with van der Waals surface area (Å²) < 4.78 is 53.9. The lowest BCUT2D eigenvalue weighted by Gasteiger charge is -2.20. The minimum atomic E-state index is -4.18. The van der Waals surface area contributed by atoms with E-state index in [1.54, 1.807) is 12.1 Å². The lowest BCUT2D eigenvalue weighted by molar-refractivity contribution is -0.167. The van der Waals surface area contributed by atoms with Gasteiger partial charge in [-0.05, 0) is 24.1 Å². The predicted molar refractivity (Wildman–Crippen MR) is 73.0 cm³/mol. The van der Waals surface area contributed by atoms with Gasteiger partial charge in [-0.2, -0.15) is 8.78 Å². The number of alkyl halides is 4. The van der Waals surface area contributed by atoms with Gasteiger partial charge in [-0.3, -0.25) is 11.3 Å². The number of hydrazine groups is 1. The smallest absolute Gasteiger partial charge is 0.330 e. The first-order valence-electron chi connectivity index (χ1n) is 5.90. The molecule has 120 valence electrons. The van der Waals surface area contributed by atoms with E-state index >= 15 is 0 Å². The topological polar surface area (TPSA) is 47.3 Å². The van der Waals surface area contributed by atoms with E-state index in [0.29, 0.717) is 15.6 Å². The van der Waals surface area contributed by atoms with Crippen LogP contribution in [0.2, 0.25) is 10.0 Å². The Hall–Kier alpha value is -0.600. The van der Waals surface area contributed by atoms with Gasteiger partial charge in [-0.1, -0.05) is 29.3 Å². The Labute approximate surface area is 129 Å². The SMILES string of the molecule is NNC(COCC(F)(F)C(F)F)Cc1ccc(Cl)cc1Cl. The number of rotatable bonds is 8. The molecule has 3 N–H and O–H groups in total. The number of nitrogens with one attached hydrogen (secondary N) is 1. The Bertz CT molecular complexity index is 463. The van der Waals surface area contributed by atoms with Gasteiger partial charge < -0.3 is 4.74 Å². The number of ether oxygens (including phenoxy) is 1. The molecule has 0 aliphatic rings. The van der Waals surface area contributed by atoms with Crippen molar-refractivity contribution >= 4 is 23.2 Å². The van der Waals surface area contributed by atoms with Crippen molar-refractivity contribution in [3.63, 3.8) is 0 Å². The van der Waals surface area contributed by atoms with Crippen molar-refractivity contribution in [3.8, 4) is 0 Å². The maximum Gasteiger partial charge on any atom is 0.330 e. The van der Waals surface area contributed by atoms with Gasteiger partial charge in [0.15, 0.2) is 0 Å². The summed E-state index contributed by atoms with van der Waals surface area (Å²) in [5.41, 5.74) is 3.03. The fraction of sp³-hybridized carbons (Fsp3) is 0.500. The molecule has 1 atom stereocenters. The summed E-state index contributed by atoms with van der Waals surface area (Å²) in [5, 5.41) is 0.842. The molecule has 0 radical (unpaired) electrons. The van der Waals surface area contributed by atoms with Crippen LogP contribution in [0.5, 0.6) is 0 Å². The molecule has 1 aromatic rings. The largest absolute Gasteiger partial charge is 0.373 e. The van der Waals surface area contributed by atoms with Crippen LogP contribution in [0.3, 0.4) is 0 Å². The van der Waals surface area contributed by atoms with E-state index < -0.39 is 25.0 Å². The highest BCUT2D eigenvalue weighted by atomic mass is 35.5. The van der Waals surface area contributed by atoms with Crippen molar-refractivity contribution in [2.45, 2.75) is 24.8 Å². The molecule has 0 fully saturated rings. The van der Waals surface area contributed by atoms with Gasteiger partial charge in [0.2, 0.25) is 0 Å². The van der Waals surface area contributed by atoms with E-state index in [1.807, 2.05) is 0 Å². The number of nitrogens with two attached hydrogens (primary N) is 1. The van der Waals surface area contributed by atoms with Crippen molar-refractivity contribution in [1.82, 2.24) is 5.43 Å². The highest BCUT2D eigenvalue weighted by molar-refractivity contribution is 6.35. The van der Waals surface area contributed by atoms with Crippen LogP contribution in [0.15, 0.2) is 18.2 Å². The summed E-state index contributed by atoms with van der Waals surface area (Å²) in [7, 11) is 0. The maximum absolute atomic E-state index is 12.7. The molecule has 0 bridgehead atoms. The van der Waals surface area contributed by atoms with E-state index in [2.05, 4.69) is 10.2 Å². The summed E-state index contributed by atoms with van der Waals surface area (Å²) in [4.78, 5) is 0. The third-order valence-corrected chi connectivity index (χ3v) is 3.24. The second-order valence-electron chi connectivity index (χ2n) is 4.38. The molecule has 3 nitrogen and oxygen atoms in total. The molecular formula is C12H14Cl2F4N2O. The minimum Gasteiger partial charge on any atom is -0.373 e. The van der Waals surface area contributed by atoms with E-state index in [4.69, 9.17) is 29.0 Å². The van der Waals surface area contributed by atoms with Crippen molar-refractivity contribution < 1.29 is 22.3 Å². The van der Waals surface area contributed by atoms with E-state index in [1.165, 1.54) is 6.07 Å². The summed E-state index contributed by atoms with van der Waals surface area (Å²) in [6.07, 6.45) is -3.50. The highest BCUT2D eigenvalue weighted by Crippen LogP contribution is 2.24. The fourth-order valence-corrected chi connectivity index (χ4v) is 2.00. The molecule has 1 aromatic carbocycles. The lowest BCUT2D eigenvalue weighted by Crippen LogP contribution is -2.42. The Morgan fingerprint density at radius 2 is 1.95 bits per heavy atom. The quantitative estimate of drug-likeness (QED) is 0.430. The molecule has 0 spiro atoms. The van der Waals surface area contributed by atoms with Gasteiger partial charge in [-0.15, -0.1) is 0 Å². The van der Waals surface area contributed by atoms with Crippen LogP contribution in [0.1, 0.15) is 5.56 Å². The summed E-state index contributed by atoms with van der Waals surface area (Å²) in [6, 6.07) is 4.24. The van der Waals surface area contributed by atoms with Crippen LogP contribution in [0, 0.1) is 0 Å². The van der Waals surface area contributed by atoms with Crippen molar-refractivity contribution in [2.75, 3.05) is 13.2 Å². The minimum absolute atomic E-state index is 0.266. The molecular weight excluding hydrogens is 335 g/mol. The molecule has 0 aliphatic heterocycles. The number of hydrogen-bond acceptors (Lipinski definition) is 3. The van der Waals surface area contributed by atoms with Gasteiger partial charge in [0, 0.05) is 16.1 Å². The Kier molecular flexibility index (Phi) is 7.15. The summed E-state index contributed by atoms with van der Waals surface area (Å²) >= 11 is 11.7. The third kappa shape index (κ3) is 5.96. The predicted octanol–water partition coefficient (Wildman–Crippen LogP) is 3.28. The normalized spacial score (nSPS) is 13.7. The van der Waals surface area contributed by atoms with Crippen molar-refractivity contribution in [2.24, 2.45) is 5.84 Å². The second-order valence-corrected chi connectivity index (χ2v) is 5.22. The zero-order chi connectivity index (χ0) is 16.0. The van der Waals surface area contributed by atoms with Gasteiger partial charge in [0.05, 0.1) is 6.61 Å². The average Bonchev–Trinajstić information content (AvgIpc) is 2.39. The number of benzene rings is 1. The summed E-state index contributed by atoms with van der Waals surface area (Å²) in [5.74, 6) is 1.09. The lowest BCUT2D eigenvalue weighted by atomic mass is 10.1. The van der Waals surface area contributed by atoms with Crippen molar-refractivity contribution in [3.05, 3.63) is 33.8 Å². The van der Waals surface area contributed by atoms with Crippen LogP contribution in [-0.2, 0) is 11.2 Å². The van der Waals surface area contributed by atoms with Gasteiger partial charge >= 0.3 is 12.3 Å². The molecule has 0 saturated heterocycles. The standard InChI is InChI=1S/C12H14Cl2F4N2O/c13-8-2-1-7(10(14)4-8)3-9(20-19)5-21-6-12(17,18)11(15)16/h1-2,4,9,11,20H,3,5-6,19H2. The van der Waals surface area contributed by atoms with Crippen LogP contribution in [0.25, 0.3) is 0 Å². The first kappa shape index (κ1) is 18.4. The van der Waals surface area contributed by atoms with Crippen LogP contribution in [0.4, 0.5) is 17.6 Å². The molecule has 0 heterocycles. The maximum atomic E-state index is 12.7. The fourth-order valence-electron chi connectivity index (χ4n) is 1.52. The highest BCUT2D eigenvalue weighted by Gasteiger charge is 2.41. The average molecular weight is 349 g/mol. The van der Waals surface area contributed by atoms with Crippen LogP contribution in [-0.4, -0.2) is 31.6 Å².